The van der Waals surface area contributed by atoms with Crippen LogP contribution < -0.4 is 154 Å². The molecule has 0 fully saturated rings. The molecule has 0 aliphatic heterocycles. The molecular weight excluding hydrogens is 831 g/mol. The molecule has 0 unspecified atom stereocenters. The Hall–Kier alpha value is 7.75. The third-order valence-electron chi connectivity index (χ3n) is 0.181. The van der Waals surface area contributed by atoms with Gasteiger partial charge in [0.2, 0.25) is 0 Å². The van der Waals surface area contributed by atoms with E-state index in [0.717, 1.165) is 0 Å². The van der Waals surface area contributed by atoms with Crippen LogP contribution in [-0.4, -0.2) is 0 Å². The van der Waals surface area contributed by atoms with Crippen LogP contribution in [0.3, 0.4) is 0 Å². The Morgan fingerprint density at radius 1 is 0.846 bits per heavy atom. The monoisotopic (exact) mass is 825 g/mol. The molecule has 0 aromatic rings. The quantitative estimate of drug-likeness (QED) is 0.116. The molecule has 69 valence electrons. The van der Waals surface area contributed by atoms with Crippen molar-refractivity contribution in [2.75, 3.05) is 0 Å². The van der Waals surface area contributed by atoms with Crippen LogP contribution in [-0.2, 0) is -0.0814 Å². The standard InChI is InChI=1S/6BrH.Ir.3K.N3/c;;;;;;;;;;1-3-2/h6*1H;;;;;/q;;;;;;+4;3*+1;-1/p-6. The van der Waals surface area contributed by atoms with Crippen LogP contribution in [0.5, 0.6) is 0 Å². The van der Waals surface area contributed by atoms with Gasteiger partial charge in [0.25, 0.3) is 0 Å². The zero-order valence-electron chi connectivity index (χ0n) is 6.94. The van der Waals surface area contributed by atoms with E-state index < -0.39 is -0.0814 Å². The van der Waals surface area contributed by atoms with Crippen molar-refractivity contribution in [1.82, 2.24) is 0 Å². The molecule has 0 saturated carbocycles. The fourth-order valence-corrected chi connectivity index (χ4v) is 2.88. The molecule has 0 heterocycles. The molecule has 0 spiro atoms. The molecule has 3 nitrogen and oxygen atoms in total. The van der Waals surface area contributed by atoms with E-state index in [2.05, 4.69) is 89.7 Å². The second-order valence-corrected chi connectivity index (χ2v) is 173. The first-order valence-corrected chi connectivity index (χ1v) is 33.8. The average Bonchev–Trinajstić information content (AvgIpc) is 1.19. The average molecular weight is 831 g/mol. The molecule has 0 rings (SSSR count). The molecule has 13 heavy (non-hydrogen) atoms. The van der Waals surface area contributed by atoms with Gasteiger partial charge in [0.05, 0.1) is 0 Å². The van der Waals surface area contributed by atoms with Crippen LogP contribution >= 0.6 is 81.0 Å². The van der Waals surface area contributed by atoms with Gasteiger partial charge < -0.3 is 0 Å². The Morgan fingerprint density at radius 2 is 1.08 bits per heavy atom. The molecule has 13 heteroatoms. The molecular formula is Br6IrK3N3. The fraction of sp³-hybridized carbons (Fsp3) is 0. The first kappa shape index (κ1) is 28.8. The van der Waals surface area contributed by atoms with Crippen LogP contribution in [0.4, 0.5) is 0 Å². The first-order valence-electron chi connectivity index (χ1n) is 1.31. The summed E-state index contributed by atoms with van der Waals surface area (Å²) in [5, 5.41) is 0. The Kier molecular flexibility index (Phi) is 16.3. The van der Waals surface area contributed by atoms with E-state index >= 15 is 0 Å². The van der Waals surface area contributed by atoms with Crippen molar-refractivity contribution in [3.63, 3.8) is 0 Å². The van der Waals surface area contributed by atoms with E-state index in [1.54, 1.807) is 0 Å². The molecule has 0 aliphatic rings. The second kappa shape index (κ2) is 7.34. The predicted octanol–water partition coefficient (Wildman–Crippen LogP) is -3.16. The normalized spacial score (nSPS) is 17.5. The third-order valence-corrected chi connectivity index (χ3v) is 6.67. The predicted molar refractivity (Wildman–Crippen MR) is 62.7 cm³/mol. The van der Waals surface area contributed by atoms with Gasteiger partial charge in [0.1, 0.15) is 0 Å². The Morgan fingerprint density at radius 3 is 1.08 bits per heavy atom. The molecule has 0 amide bonds. The van der Waals surface area contributed by atoms with Gasteiger partial charge in [-0.25, -0.2) is 0 Å². The summed E-state index contributed by atoms with van der Waals surface area (Å²) in [6, 6.07) is 0. The van der Waals surface area contributed by atoms with E-state index in [0.29, 0.717) is 0 Å². The Bertz CT molecular complexity index is 221. The summed E-state index contributed by atoms with van der Waals surface area (Å²) >= 11 is 19.2. The minimum absolute atomic E-state index is 0. The van der Waals surface area contributed by atoms with Crippen LogP contribution in [0.1, 0.15) is 0 Å². The van der Waals surface area contributed by atoms with Crippen molar-refractivity contribution in [2.24, 2.45) is 3.78 Å². The number of nitrogens with zero attached hydrogens (tertiary/aromatic N) is 3. The Balaban J connectivity index is -0.000000135. The summed E-state index contributed by atoms with van der Waals surface area (Å²) in [5.74, 6) is 0. The van der Waals surface area contributed by atoms with Crippen LogP contribution in [0, 0.1) is 0 Å². The number of halogens is 6. The Labute approximate surface area is 240 Å². The summed E-state index contributed by atoms with van der Waals surface area (Å²) in [5.41, 5.74) is 8.22. The molecule has 0 aromatic carbocycles. The van der Waals surface area contributed by atoms with Crippen molar-refractivity contribution in [3.8, 4) is 0 Å². The van der Waals surface area contributed by atoms with Gasteiger partial charge >= 0.3 is 249 Å². The van der Waals surface area contributed by atoms with Gasteiger partial charge in [-0.2, -0.15) is 0 Å². The van der Waals surface area contributed by atoms with Gasteiger partial charge in [0.15, 0.2) is 0 Å². The van der Waals surface area contributed by atoms with E-state index in [9.17, 15) is 0 Å². The van der Waals surface area contributed by atoms with Crippen molar-refractivity contribution in [3.05, 3.63) is 10.4 Å². The van der Waals surface area contributed by atoms with Gasteiger partial charge in [-0.3, -0.25) is 0 Å². The number of rotatable bonds is 1. The summed E-state index contributed by atoms with van der Waals surface area (Å²) < 4.78 is -1.24. The summed E-state index contributed by atoms with van der Waals surface area (Å²) in [7, 11) is 0. The topological polar surface area (TPSA) is 48.8 Å². The summed E-state index contributed by atoms with van der Waals surface area (Å²) in [4.78, 5) is 2.65. The third kappa shape index (κ3) is 28.6. The van der Waals surface area contributed by atoms with Gasteiger partial charge in [-0.15, -0.1) is 0 Å². The second-order valence-electron chi connectivity index (χ2n) is 1.21. The van der Waals surface area contributed by atoms with Crippen LogP contribution in [0.15, 0.2) is 3.78 Å². The van der Waals surface area contributed by atoms with Gasteiger partial charge in [0, 0.05) is 0 Å². The summed E-state index contributed by atoms with van der Waals surface area (Å²) in [6.07, 6.45) is 0. The van der Waals surface area contributed by atoms with E-state index in [-0.39, 0.29) is 154 Å². The zero-order chi connectivity index (χ0) is 8.79. The minimum atomic E-state index is -4.75. The van der Waals surface area contributed by atoms with Crippen molar-refractivity contribution in [1.29, 1.82) is 0 Å². The molecule has 0 atom stereocenters. The van der Waals surface area contributed by atoms with E-state index in [4.69, 9.17) is 5.53 Å². The van der Waals surface area contributed by atoms with E-state index in [1.807, 2.05) is 0 Å². The maximum atomic E-state index is 8.22. The first-order chi connectivity index (χ1) is 3.74. The molecule has 0 saturated heterocycles. The van der Waals surface area contributed by atoms with Crippen LogP contribution in [0.25, 0.3) is 10.4 Å². The number of hydrogen-bond acceptors (Lipinski definition) is 1. The van der Waals surface area contributed by atoms with Crippen molar-refractivity contribution >= 4 is 81.0 Å². The molecule has 0 aromatic heterocycles. The van der Waals surface area contributed by atoms with Crippen molar-refractivity contribution < 1.29 is 154 Å². The molecule has 0 bridgehead atoms. The summed E-state index contributed by atoms with van der Waals surface area (Å²) in [6.45, 7) is 0. The van der Waals surface area contributed by atoms with Crippen molar-refractivity contribution in [2.45, 2.75) is 0 Å². The van der Waals surface area contributed by atoms with E-state index in [1.165, 1.54) is 0 Å². The molecule has 0 radical (unpaired) electrons. The number of hydrogen-bond donors (Lipinski definition) is 0. The van der Waals surface area contributed by atoms with Gasteiger partial charge in [-0.05, 0) is 0 Å². The molecule has 0 N–H and O–H groups in total. The SMILES string of the molecule is [K+].[K+].[K+].[N-]=[N+]=[N][Ir-3]([Br])([Br])([Br])([Br])([Br])[Br]. The maximum absolute atomic E-state index is 8.22. The number of azide groups is 1. The molecule has 0 aliphatic carbocycles. The van der Waals surface area contributed by atoms with Crippen LogP contribution in [0.2, 0.25) is 0 Å². The fourth-order valence-electron chi connectivity index (χ4n) is 0.0676. The zero-order valence-corrected chi connectivity index (χ0v) is 28.2. The van der Waals surface area contributed by atoms with Gasteiger partial charge in [-0.1, -0.05) is 0 Å².